The number of nitrogens with zero attached hydrogens (tertiary/aromatic N) is 2. The Hall–Kier alpha value is -0.260. The Balaban J connectivity index is 2.10. The summed E-state index contributed by atoms with van der Waals surface area (Å²) in [5.41, 5.74) is 0. The van der Waals surface area contributed by atoms with Crippen molar-refractivity contribution in [1.29, 1.82) is 0 Å². The summed E-state index contributed by atoms with van der Waals surface area (Å²) in [5, 5.41) is 9.76. The van der Waals surface area contributed by atoms with Crippen molar-refractivity contribution in [3.63, 3.8) is 0 Å². The fourth-order valence-corrected chi connectivity index (χ4v) is 5.42. The molecule has 1 aliphatic heterocycles. The summed E-state index contributed by atoms with van der Waals surface area (Å²) in [5.74, 6) is -0.762. The number of aliphatic carboxylic acids is 1. The van der Waals surface area contributed by atoms with Crippen LogP contribution in [0.3, 0.4) is 0 Å². The summed E-state index contributed by atoms with van der Waals surface area (Å²) in [6.07, 6.45) is 2.23. The molecule has 0 bridgehead atoms. The lowest BCUT2D eigenvalue weighted by atomic mass is 10.2. The molecule has 0 radical (unpaired) electrons. The molecule has 1 fully saturated rings. The van der Waals surface area contributed by atoms with Crippen LogP contribution in [0.5, 0.6) is 0 Å². The van der Waals surface area contributed by atoms with E-state index in [-0.39, 0.29) is 24.1 Å². The molecule has 19 heavy (non-hydrogen) atoms. The highest BCUT2D eigenvalue weighted by atomic mass is 127. The van der Waals surface area contributed by atoms with Gasteiger partial charge in [0.2, 0.25) is 0 Å². The standard InChI is InChI=1S/C10H13IN2O4S2/c11-8-3-12-9(18-8)4-13(5-10(14)15)7-1-2-19(16,17)6-7/h3,7H,1-2,4-6H2,(H,14,15). The second-order valence-corrected chi connectivity index (χ2v) is 9.65. The number of carboxylic acids is 1. The molecule has 9 heteroatoms. The molecule has 1 aliphatic rings. The molecule has 1 saturated heterocycles. The molecule has 1 atom stereocenters. The van der Waals surface area contributed by atoms with Crippen molar-refractivity contribution >= 4 is 49.7 Å². The third kappa shape index (κ3) is 4.36. The molecule has 0 saturated carbocycles. The number of thiazole rings is 1. The molecule has 0 aromatic carbocycles. The number of carboxylic acid groups (broad SMARTS) is 1. The SMILES string of the molecule is O=C(O)CN(Cc1ncc(I)s1)C1CCS(=O)(=O)C1. The number of hydrogen-bond acceptors (Lipinski definition) is 6. The molecule has 6 nitrogen and oxygen atoms in total. The van der Waals surface area contributed by atoms with Crippen LogP contribution in [-0.2, 0) is 21.2 Å². The molecular formula is C10H13IN2O4S2. The summed E-state index contributed by atoms with van der Waals surface area (Å²) in [4.78, 5) is 16.8. The van der Waals surface area contributed by atoms with Crippen LogP contribution in [0.15, 0.2) is 6.20 Å². The molecule has 2 rings (SSSR count). The maximum atomic E-state index is 11.5. The topological polar surface area (TPSA) is 87.6 Å². The monoisotopic (exact) mass is 416 g/mol. The van der Waals surface area contributed by atoms with E-state index >= 15 is 0 Å². The zero-order valence-electron chi connectivity index (χ0n) is 9.95. The smallest absolute Gasteiger partial charge is 0.317 e. The average Bonchev–Trinajstić information content (AvgIpc) is 2.83. The Morgan fingerprint density at radius 3 is 2.84 bits per heavy atom. The molecule has 0 amide bonds. The van der Waals surface area contributed by atoms with Crippen LogP contribution in [0.1, 0.15) is 11.4 Å². The number of hydrogen-bond donors (Lipinski definition) is 1. The van der Waals surface area contributed by atoms with Crippen molar-refractivity contribution in [2.45, 2.75) is 19.0 Å². The van der Waals surface area contributed by atoms with Crippen LogP contribution >= 0.6 is 33.9 Å². The van der Waals surface area contributed by atoms with Gasteiger partial charge in [-0.3, -0.25) is 9.69 Å². The molecule has 0 spiro atoms. The van der Waals surface area contributed by atoms with Crippen molar-refractivity contribution in [3.05, 3.63) is 14.1 Å². The number of rotatable bonds is 5. The van der Waals surface area contributed by atoms with Gasteiger partial charge in [-0.15, -0.1) is 11.3 Å². The zero-order chi connectivity index (χ0) is 14.0. The normalized spacial score (nSPS) is 21.9. The van der Waals surface area contributed by atoms with Crippen molar-refractivity contribution in [2.24, 2.45) is 0 Å². The second-order valence-electron chi connectivity index (χ2n) is 4.41. The summed E-state index contributed by atoms with van der Waals surface area (Å²) in [6.45, 7) is 0.233. The number of aromatic nitrogens is 1. The van der Waals surface area contributed by atoms with Gasteiger partial charge in [-0.1, -0.05) is 0 Å². The van der Waals surface area contributed by atoms with Crippen LogP contribution in [-0.4, -0.2) is 53.5 Å². The third-order valence-corrected chi connectivity index (χ3v) is 6.39. The largest absolute Gasteiger partial charge is 0.480 e. The average molecular weight is 416 g/mol. The minimum Gasteiger partial charge on any atom is -0.480 e. The Bertz CT molecular complexity index is 572. The van der Waals surface area contributed by atoms with Crippen LogP contribution < -0.4 is 0 Å². The van der Waals surface area contributed by atoms with Gasteiger partial charge in [-0.25, -0.2) is 13.4 Å². The van der Waals surface area contributed by atoms with Gasteiger partial charge in [0.1, 0.15) is 5.01 Å². The predicted octanol–water partition coefficient (Wildman–Crippen LogP) is 0.821. The first-order chi connectivity index (χ1) is 8.85. The van der Waals surface area contributed by atoms with E-state index in [4.69, 9.17) is 5.11 Å². The van der Waals surface area contributed by atoms with E-state index in [1.54, 1.807) is 11.1 Å². The Labute approximate surface area is 128 Å². The van der Waals surface area contributed by atoms with Gasteiger partial charge in [0.25, 0.3) is 0 Å². The van der Waals surface area contributed by atoms with Crippen molar-refractivity contribution < 1.29 is 18.3 Å². The maximum Gasteiger partial charge on any atom is 0.317 e. The van der Waals surface area contributed by atoms with E-state index < -0.39 is 15.8 Å². The Kier molecular flexibility index (Phi) is 4.79. The fraction of sp³-hybridized carbons (Fsp3) is 0.600. The van der Waals surface area contributed by atoms with E-state index in [1.165, 1.54) is 11.3 Å². The molecule has 2 heterocycles. The second kappa shape index (κ2) is 6.02. The molecule has 0 aliphatic carbocycles. The van der Waals surface area contributed by atoms with E-state index in [1.807, 2.05) is 0 Å². The number of halogens is 1. The highest BCUT2D eigenvalue weighted by Crippen LogP contribution is 2.22. The van der Waals surface area contributed by atoms with Crippen molar-refractivity contribution in [3.8, 4) is 0 Å². The van der Waals surface area contributed by atoms with E-state index in [0.29, 0.717) is 13.0 Å². The van der Waals surface area contributed by atoms with Gasteiger partial charge in [-0.05, 0) is 29.0 Å². The lowest BCUT2D eigenvalue weighted by Crippen LogP contribution is -2.39. The summed E-state index contributed by atoms with van der Waals surface area (Å²) < 4.78 is 24.0. The van der Waals surface area contributed by atoms with E-state index in [2.05, 4.69) is 27.6 Å². The quantitative estimate of drug-likeness (QED) is 0.716. The van der Waals surface area contributed by atoms with Gasteiger partial charge in [0.15, 0.2) is 9.84 Å². The van der Waals surface area contributed by atoms with Crippen molar-refractivity contribution in [1.82, 2.24) is 9.88 Å². The van der Waals surface area contributed by atoms with Gasteiger partial charge in [0.05, 0.1) is 33.7 Å². The number of sulfone groups is 1. The van der Waals surface area contributed by atoms with Crippen molar-refractivity contribution in [2.75, 3.05) is 18.1 Å². The maximum absolute atomic E-state index is 11.5. The summed E-state index contributed by atoms with van der Waals surface area (Å²) in [6, 6.07) is -0.220. The van der Waals surface area contributed by atoms with E-state index in [0.717, 1.165) is 7.89 Å². The van der Waals surface area contributed by atoms with Crippen LogP contribution in [0.4, 0.5) is 0 Å². The fourth-order valence-electron chi connectivity index (χ4n) is 2.09. The highest BCUT2D eigenvalue weighted by Gasteiger charge is 2.33. The van der Waals surface area contributed by atoms with Gasteiger partial charge < -0.3 is 5.11 Å². The van der Waals surface area contributed by atoms with Crippen LogP contribution in [0, 0.1) is 2.88 Å². The Morgan fingerprint density at radius 1 is 1.63 bits per heavy atom. The van der Waals surface area contributed by atoms with Gasteiger partial charge >= 0.3 is 5.97 Å². The first-order valence-electron chi connectivity index (χ1n) is 5.62. The van der Waals surface area contributed by atoms with E-state index in [9.17, 15) is 13.2 Å². The molecule has 1 aromatic rings. The molecule has 106 valence electrons. The van der Waals surface area contributed by atoms with Gasteiger partial charge in [0, 0.05) is 6.04 Å². The number of carbonyl (C=O) groups is 1. The van der Waals surface area contributed by atoms with Crippen LogP contribution in [0.25, 0.3) is 0 Å². The zero-order valence-corrected chi connectivity index (χ0v) is 13.7. The third-order valence-electron chi connectivity index (χ3n) is 2.93. The first-order valence-corrected chi connectivity index (χ1v) is 9.34. The lowest BCUT2D eigenvalue weighted by molar-refractivity contribution is -0.139. The lowest BCUT2D eigenvalue weighted by Gasteiger charge is -2.25. The van der Waals surface area contributed by atoms with Gasteiger partial charge in [-0.2, -0.15) is 0 Å². The predicted molar refractivity (Wildman–Crippen MR) is 79.9 cm³/mol. The minimum atomic E-state index is -3.02. The minimum absolute atomic E-state index is 0.0444. The Morgan fingerprint density at radius 2 is 2.37 bits per heavy atom. The van der Waals surface area contributed by atoms with Crippen LogP contribution in [0.2, 0.25) is 0 Å². The first kappa shape index (κ1) is 15.1. The summed E-state index contributed by atoms with van der Waals surface area (Å²) >= 11 is 3.65. The molecule has 1 N–H and O–H groups in total. The molecular weight excluding hydrogens is 403 g/mol. The molecule has 1 unspecified atom stereocenters. The molecule has 1 aromatic heterocycles. The highest BCUT2D eigenvalue weighted by molar-refractivity contribution is 14.1. The summed E-state index contributed by atoms with van der Waals surface area (Å²) in [7, 11) is -3.02.